The minimum absolute atomic E-state index is 0.272. The number of amides is 1. The van der Waals surface area contributed by atoms with E-state index in [9.17, 15) is 4.79 Å². The van der Waals surface area contributed by atoms with Crippen LogP contribution in [0.4, 0.5) is 4.79 Å². The molecule has 0 bridgehead atoms. The summed E-state index contributed by atoms with van der Waals surface area (Å²) in [7, 11) is 1.57. The molecule has 0 spiro atoms. The van der Waals surface area contributed by atoms with Crippen molar-refractivity contribution in [3.8, 4) is 0 Å². The van der Waals surface area contributed by atoms with Crippen LogP contribution in [0.3, 0.4) is 0 Å². The zero-order chi connectivity index (χ0) is 13.9. The quantitative estimate of drug-likeness (QED) is 0.634. The number of hydrogen-bond donors (Lipinski definition) is 1. The maximum absolute atomic E-state index is 11.9. The number of methoxy groups -OCH3 is 1. The smallest absolute Gasteiger partial charge is 0.410 e. The van der Waals surface area contributed by atoms with Gasteiger partial charge in [0.05, 0.1) is 0 Å². The molecule has 1 saturated carbocycles. The lowest BCUT2D eigenvalue weighted by Gasteiger charge is -2.32. The molecule has 4 nitrogen and oxygen atoms in total. The lowest BCUT2D eigenvalue weighted by Crippen LogP contribution is -2.39. The van der Waals surface area contributed by atoms with Crippen molar-refractivity contribution in [2.24, 2.45) is 0 Å². The molecule has 1 aromatic rings. The van der Waals surface area contributed by atoms with Crippen LogP contribution in [0.1, 0.15) is 31.7 Å². The molecule has 1 aliphatic carbocycles. The highest BCUT2D eigenvalue weighted by atomic mass is 127. The molecule has 5 heteroatoms. The van der Waals surface area contributed by atoms with Gasteiger partial charge in [-0.15, -0.1) is 0 Å². The molecule has 0 aliphatic heterocycles. The van der Waals surface area contributed by atoms with Crippen molar-refractivity contribution in [1.29, 1.82) is 0 Å². The van der Waals surface area contributed by atoms with E-state index in [1.807, 2.05) is 31.2 Å². The molecule has 0 aromatic heterocycles. The van der Waals surface area contributed by atoms with Gasteiger partial charge in [-0.2, -0.15) is 0 Å². The van der Waals surface area contributed by atoms with Crippen molar-refractivity contribution in [2.45, 2.75) is 38.0 Å². The molecule has 1 amide bonds. The number of ether oxygens (including phenoxy) is 2. The third-order valence-electron chi connectivity index (χ3n) is 3.24. The number of alkyl carbamates (subject to hydrolysis) is 1. The number of carbonyl (C=O) groups is 1. The van der Waals surface area contributed by atoms with E-state index in [1.54, 1.807) is 7.11 Å². The maximum atomic E-state index is 11.9. The molecule has 0 saturated heterocycles. The minimum atomic E-state index is -1.02. The van der Waals surface area contributed by atoms with E-state index in [0.717, 1.165) is 22.0 Å². The molecule has 0 heterocycles. The standard InChI is InChI=1S/C14H18INO3/c1-3-14(18-2,11-6-4-5-7-12(11)15)19-13(17)16-10-8-9-10/h4-7,10H,3,8-9H2,1-2H3,(H,16,17)/t14-/m0/s1. The SMILES string of the molecule is CC[C@](OC)(OC(=O)NC1CC1)c1ccccc1I. The van der Waals surface area contributed by atoms with Crippen molar-refractivity contribution in [2.75, 3.05) is 7.11 Å². The summed E-state index contributed by atoms with van der Waals surface area (Å²) in [6, 6.07) is 8.05. The third-order valence-corrected chi connectivity index (χ3v) is 4.18. The van der Waals surface area contributed by atoms with Crippen LogP contribution >= 0.6 is 22.6 Å². The minimum Gasteiger partial charge on any atom is -0.412 e. The fourth-order valence-corrected chi connectivity index (χ4v) is 2.76. The third kappa shape index (κ3) is 3.39. The van der Waals surface area contributed by atoms with Crippen molar-refractivity contribution in [3.63, 3.8) is 0 Å². The zero-order valence-electron chi connectivity index (χ0n) is 11.1. The van der Waals surface area contributed by atoms with Gasteiger partial charge in [0, 0.05) is 28.7 Å². The first kappa shape index (κ1) is 14.6. The first-order valence-electron chi connectivity index (χ1n) is 6.41. The largest absolute Gasteiger partial charge is 0.412 e. The van der Waals surface area contributed by atoms with Crippen LogP contribution in [0.15, 0.2) is 24.3 Å². The summed E-state index contributed by atoms with van der Waals surface area (Å²) in [5.41, 5.74) is 0.881. The molecule has 1 fully saturated rings. The first-order valence-corrected chi connectivity index (χ1v) is 7.49. The number of carbonyl (C=O) groups excluding carboxylic acids is 1. The Bertz CT molecular complexity index is 456. The van der Waals surface area contributed by atoms with Gasteiger partial charge in [-0.1, -0.05) is 25.1 Å². The fraction of sp³-hybridized carbons (Fsp3) is 0.500. The Morgan fingerprint density at radius 2 is 2.16 bits per heavy atom. The van der Waals surface area contributed by atoms with E-state index in [2.05, 4.69) is 27.9 Å². The molecule has 0 unspecified atom stereocenters. The maximum Gasteiger partial charge on any atom is 0.410 e. The van der Waals surface area contributed by atoms with E-state index in [4.69, 9.17) is 9.47 Å². The highest BCUT2D eigenvalue weighted by Gasteiger charge is 2.37. The normalized spacial score (nSPS) is 17.6. The van der Waals surface area contributed by atoms with Crippen LogP contribution in [0, 0.1) is 3.57 Å². The van der Waals surface area contributed by atoms with Gasteiger partial charge < -0.3 is 14.8 Å². The van der Waals surface area contributed by atoms with Gasteiger partial charge in [0.25, 0.3) is 0 Å². The lowest BCUT2D eigenvalue weighted by molar-refractivity contribution is -0.196. The average molecular weight is 375 g/mol. The van der Waals surface area contributed by atoms with Crippen LogP contribution in [-0.2, 0) is 15.3 Å². The Morgan fingerprint density at radius 1 is 1.47 bits per heavy atom. The summed E-state index contributed by atoms with van der Waals surface area (Å²) in [6.07, 6.45) is 2.21. The fourth-order valence-electron chi connectivity index (χ4n) is 1.96. The summed E-state index contributed by atoms with van der Waals surface area (Å²) >= 11 is 2.23. The Kier molecular flexibility index (Phi) is 4.67. The number of nitrogens with one attached hydrogen (secondary N) is 1. The molecule has 19 heavy (non-hydrogen) atoms. The Balaban J connectivity index is 2.20. The van der Waals surface area contributed by atoms with E-state index in [-0.39, 0.29) is 6.04 Å². The molecule has 104 valence electrons. The van der Waals surface area contributed by atoms with E-state index < -0.39 is 11.9 Å². The highest BCUT2D eigenvalue weighted by molar-refractivity contribution is 14.1. The van der Waals surface area contributed by atoms with Crippen molar-refractivity contribution >= 4 is 28.7 Å². The lowest BCUT2D eigenvalue weighted by atomic mass is 10.0. The Labute approximate surface area is 127 Å². The van der Waals surface area contributed by atoms with Crippen LogP contribution < -0.4 is 5.32 Å². The second-order valence-electron chi connectivity index (χ2n) is 4.60. The second kappa shape index (κ2) is 6.09. The van der Waals surface area contributed by atoms with Gasteiger partial charge in [-0.25, -0.2) is 4.79 Å². The predicted molar refractivity (Wildman–Crippen MR) is 80.8 cm³/mol. The van der Waals surface area contributed by atoms with Gasteiger partial charge >= 0.3 is 6.09 Å². The molecule has 1 N–H and O–H groups in total. The van der Waals surface area contributed by atoms with Crippen LogP contribution in [0.25, 0.3) is 0 Å². The van der Waals surface area contributed by atoms with E-state index >= 15 is 0 Å². The number of benzene rings is 1. The topological polar surface area (TPSA) is 47.6 Å². The summed E-state index contributed by atoms with van der Waals surface area (Å²) in [4.78, 5) is 11.9. The molecule has 0 radical (unpaired) electrons. The summed E-state index contributed by atoms with van der Waals surface area (Å²) in [5, 5.41) is 2.82. The first-order chi connectivity index (χ1) is 9.11. The van der Waals surface area contributed by atoms with Crippen LogP contribution in [0.2, 0.25) is 0 Å². The summed E-state index contributed by atoms with van der Waals surface area (Å²) < 4.78 is 12.1. The Morgan fingerprint density at radius 3 is 2.68 bits per heavy atom. The number of hydrogen-bond acceptors (Lipinski definition) is 3. The highest BCUT2D eigenvalue weighted by Crippen LogP contribution is 2.34. The van der Waals surface area contributed by atoms with Gasteiger partial charge in [-0.3, -0.25) is 0 Å². The van der Waals surface area contributed by atoms with Crippen molar-refractivity contribution in [3.05, 3.63) is 33.4 Å². The monoisotopic (exact) mass is 375 g/mol. The van der Waals surface area contributed by atoms with Gasteiger partial charge in [0.15, 0.2) is 0 Å². The summed E-state index contributed by atoms with van der Waals surface area (Å²) in [6.45, 7) is 1.94. The molecular formula is C14H18INO3. The van der Waals surface area contributed by atoms with Crippen molar-refractivity contribution in [1.82, 2.24) is 5.32 Å². The van der Waals surface area contributed by atoms with Crippen molar-refractivity contribution < 1.29 is 14.3 Å². The Hall–Kier alpha value is -0.820. The van der Waals surface area contributed by atoms with Gasteiger partial charge in [0.1, 0.15) is 0 Å². The molecule has 1 aromatic carbocycles. The van der Waals surface area contributed by atoms with E-state index in [0.29, 0.717) is 6.42 Å². The van der Waals surface area contributed by atoms with Gasteiger partial charge in [-0.05, 0) is 41.5 Å². The molecular weight excluding hydrogens is 357 g/mol. The summed E-state index contributed by atoms with van der Waals surface area (Å²) in [5.74, 6) is -1.02. The number of rotatable bonds is 5. The molecule has 1 aliphatic rings. The van der Waals surface area contributed by atoms with E-state index in [1.165, 1.54) is 0 Å². The molecule has 2 rings (SSSR count). The molecule has 1 atom stereocenters. The average Bonchev–Trinajstić information content (AvgIpc) is 3.21. The van der Waals surface area contributed by atoms with Crippen LogP contribution in [0.5, 0.6) is 0 Å². The predicted octanol–water partition coefficient (Wildman–Crippen LogP) is 3.39. The van der Waals surface area contributed by atoms with Crippen LogP contribution in [-0.4, -0.2) is 19.2 Å². The second-order valence-corrected chi connectivity index (χ2v) is 5.76. The zero-order valence-corrected chi connectivity index (χ0v) is 13.3. The van der Waals surface area contributed by atoms with Gasteiger partial charge in [0.2, 0.25) is 5.79 Å². The number of halogens is 1.